The normalized spacial score (nSPS) is 21.7. The van der Waals surface area contributed by atoms with E-state index in [1.54, 1.807) is 0 Å². The highest BCUT2D eigenvalue weighted by atomic mass is 15.1. The van der Waals surface area contributed by atoms with Crippen LogP contribution >= 0.6 is 0 Å². The third kappa shape index (κ3) is 5.95. The fourth-order valence-electron chi connectivity index (χ4n) is 7.52. The van der Waals surface area contributed by atoms with Gasteiger partial charge in [-0.25, -0.2) is 0 Å². The SMILES string of the molecule is [2H]c1c(N(c2c([2H])c([2H])c(-c3c([2H])c([2H])c([2H])c([2H])c3[2H])c([2H])c2[2H])c2c([2H])c([2H])c(-c3c([2H])c([2H])c([2H])c(-n4c5c([2H])c([2H])c([2H])c([2H])c5c5c([2H])c([2H])c([2H])c([2H])c54)c3[2H])c([2H])c2[2H])cc2c(c1[2H])-c1c([2H])c([2H])c([2H])c([2H])c1C2(c1c([2H])c([2H])c([2H])c([2H])c1[2H])c1c([2H])c([2H])c([2H])c([2H])c1[2H]. The van der Waals surface area contributed by atoms with Gasteiger partial charge >= 0.3 is 0 Å². The van der Waals surface area contributed by atoms with Gasteiger partial charge in [0.05, 0.1) is 72.6 Å². The molecule has 0 saturated carbocycles. The summed E-state index contributed by atoms with van der Waals surface area (Å²) in [5.74, 6) is 0. The van der Waals surface area contributed by atoms with E-state index in [1.165, 1.54) is 0 Å². The van der Waals surface area contributed by atoms with Gasteiger partial charge in [-0.3, -0.25) is 0 Å². The van der Waals surface area contributed by atoms with E-state index in [0.717, 1.165) is 0 Å². The number of hydrogen-bond acceptors (Lipinski definition) is 1. The Morgan fingerprint density at radius 2 is 0.810 bits per heavy atom. The molecule has 0 spiro atoms. The van der Waals surface area contributed by atoms with Crippen LogP contribution in [0.5, 0.6) is 0 Å². The summed E-state index contributed by atoms with van der Waals surface area (Å²) >= 11 is 0. The summed E-state index contributed by atoms with van der Waals surface area (Å²) in [5.41, 5.74) is -20.1. The number of benzene rings is 10. The molecular formula is C61H42N2. The molecule has 2 nitrogen and oxygen atoms in total. The predicted octanol–water partition coefficient (Wildman–Crippen LogP) is 16.0. The number of aromatic nitrogens is 1. The minimum absolute atomic E-state index is 0.250. The summed E-state index contributed by atoms with van der Waals surface area (Å²) in [5, 5.41) is -1.18. The van der Waals surface area contributed by atoms with Crippen LogP contribution in [0, 0.1) is 0 Å². The van der Waals surface area contributed by atoms with Crippen molar-refractivity contribution in [1.29, 1.82) is 0 Å². The molecule has 296 valence electrons. The molecule has 1 aliphatic rings. The van der Waals surface area contributed by atoms with Gasteiger partial charge < -0.3 is 9.47 Å². The molecule has 0 bridgehead atoms. The lowest BCUT2D eigenvalue weighted by Gasteiger charge is -2.35. The van der Waals surface area contributed by atoms with E-state index < -0.39 is 353 Å². The fraction of sp³-hybridized carbons (Fsp3) is 0.0164. The Kier molecular flexibility index (Phi) is 3.32. The number of anilines is 3. The topological polar surface area (TPSA) is 8.17 Å². The molecule has 1 aromatic heterocycles. The molecule has 0 radical (unpaired) electrons. The number of hydrogen-bond donors (Lipinski definition) is 0. The van der Waals surface area contributed by atoms with E-state index in [-0.39, 0.29) is 4.90 Å². The molecule has 2 heteroatoms. The van der Waals surface area contributed by atoms with Crippen LogP contribution in [0.3, 0.4) is 0 Å². The molecule has 63 heavy (non-hydrogen) atoms. The first-order chi connectivity index (χ1) is 48.3. The van der Waals surface area contributed by atoms with Gasteiger partial charge in [-0.15, -0.1) is 0 Å². The van der Waals surface area contributed by atoms with E-state index in [0.29, 0.717) is 10.6 Å². The third-order valence-electron chi connectivity index (χ3n) is 10.1. The van der Waals surface area contributed by atoms with E-state index in [1.807, 2.05) is 0 Å². The highest BCUT2D eigenvalue weighted by Crippen LogP contribution is 2.57. The van der Waals surface area contributed by atoms with Gasteiger partial charge in [-0.05, 0) is 116 Å². The lowest BCUT2D eigenvalue weighted by Crippen LogP contribution is -2.28. The van der Waals surface area contributed by atoms with E-state index in [9.17, 15) is 27.4 Å². The van der Waals surface area contributed by atoms with Crippen LogP contribution in [0.15, 0.2) is 254 Å². The smallest absolute Gasteiger partial charge is 0.0714 e. The summed E-state index contributed by atoms with van der Waals surface area (Å²) in [4.78, 5) is 0.250. The Morgan fingerprint density at radius 1 is 0.349 bits per heavy atom. The summed E-state index contributed by atoms with van der Waals surface area (Å²) < 4.78 is 379. The minimum Gasteiger partial charge on any atom is -0.310 e. The molecule has 0 fully saturated rings. The Labute approximate surface area is 425 Å². The van der Waals surface area contributed by atoms with Crippen LogP contribution in [-0.4, -0.2) is 4.57 Å². The molecule has 0 aliphatic heterocycles. The number of rotatable bonds is 8. The Bertz CT molecular complexity index is 5600. The third-order valence-corrected chi connectivity index (χ3v) is 10.1. The van der Waals surface area contributed by atoms with Crippen LogP contribution in [0.2, 0.25) is 0 Å². The predicted molar refractivity (Wildman–Crippen MR) is 264 cm³/mol. The van der Waals surface area contributed by atoms with Crippen molar-refractivity contribution >= 4 is 38.9 Å². The molecular weight excluding hydrogens is 761 g/mol. The molecule has 0 saturated heterocycles. The van der Waals surface area contributed by atoms with Gasteiger partial charge in [0.2, 0.25) is 0 Å². The van der Waals surface area contributed by atoms with Crippen molar-refractivity contribution in [2.24, 2.45) is 0 Å². The van der Waals surface area contributed by atoms with Crippen molar-refractivity contribution in [2.75, 3.05) is 4.90 Å². The van der Waals surface area contributed by atoms with Gasteiger partial charge in [0.1, 0.15) is 0 Å². The molecule has 11 aromatic rings. The molecule has 0 unspecified atom stereocenters. The van der Waals surface area contributed by atoms with Gasteiger partial charge in [0.15, 0.2) is 0 Å². The van der Waals surface area contributed by atoms with Crippen molar-refractivity contribution < 1.29 is 56.2 Å². The second-order valence-corrected chi connectivity index (χ2v) is 13.4. The van der Waals surface area contributed by atoms with E-state index >= 15 is 0 Å². The van der Waals surface area contributed by atoms with Crippen molar-refractivity contribution in [1.82, 2.24) is 4.57 Å². The lowest BCUT2D eigenvalue weighted by atomic mass is 9.67. The Hall–Kier alpha value is -8.20. The Morgan fingerprint density at radius 3 is 1.43 bits per heavy atom. The molecule has 1 aliphatic carbocycles. The zero-order chi connectivity index (χ0) is 77.4. The van der Waals surface area contributed by atoms with Gasteiger partial charge in [0, 0.05) is 33.5 Å². The molecule has 0 atom stereocenters. The quantitative estimate of drug-likeness (QED) is 0.148. The number of para-hydroxylation sites is 2. The van der Waals surface area contributed by atoms with Crippen molar-refractivity contribution in [3.8, 4) is 39.1 Å². The van der Waals surface area contributed by atoms with Gasteiger partial charge in [-0.1, -0.05) is 193 Å². The molecule has 0 N–H and O–H groups in total. The van der Waals surface area contributed by atoms with E-state index in [2.05, 4.69) is 0 Å². The van der Waals surface area contributed by atoms with Crippen LogP contribution in [-0.2, 0) is 5.41 Å². The van der Waals surface area contributed by atoms with Crippen LogP contribution in [0.4, 0.5) is 17.1 Å². The van der Waals surface area contributed by atoms with Crippen molar-refractivity contribution in [2.45, 2.75) is 5.41 Å². The largest absolute Gasteiger partial charge is 0.310 e. The van der Waals surface area contributed by atoms with Crippen LogP contribution in [0.25, 0.3) is 60.9 Å². The molecule has 0 amide bonds. The maximum Gasteiger partial charge on any atom is 0.0714 e. The van der Waals surface area contributed by atoms with E-state index in [4.69, 9.17) is 28.8 Å². The monoisotopic (exact) mass is 844 g/mol. The summed E-state index contributed by atoms with van der Waals surface area (Å²) in [6.45, 7) is 0. The van der Waals surface area contributed by atoms with Crippen molar-refractivity contribution in [3.05, 3.63) is 276 Å². The zero-order valence-corrected chi connectivity index (χ0v) is 31.5. The second-order valence-electron chi connectivity index (χ2n) is 13.4. The second kappa shape index (κ2) is 15.1. The maximum absolute atomic E-state index is 10.1. The summed E-state index contributed by atoms with van der Waals surface area (Å²) in [6, 6.07) is -47.9. The van der Waals surface area contributed by atoms with Gasteiger partial charge in [0.25, 0.3) is 0 Å². The highest BCUT2D eigenvalue weighted by Gasteiger charge is 2.46. The van der Waals surface area contributed by atoms with Crippen LogP contribution < -0.4 is 4.90 Å². The standard InChI is InChI=1S/C61H42N2/c1-4-17-43(18-5-1)44-31-35-49(36-32-44)62(50-37-33-45(34-38-50)46-19-16-24-51(41-46)63-59-29-14-11-26-55(59)56-27-12-15-30-60(56)63)52-39-40-54-53-25-10-13-28-57(53)61(58(54)42-52,47-20-6-2-7-21-47)48-22-8-3-9-23-48/h1-42H/i1D,2D,3D,4D,5D,6D,7D,8D,9D,10D,11D,12D,13D,14D,15D,16D,17D,18D,19D,20D,21D,22D,23D,24D,25D,26D,27D,28D,29D,30D,31D,32D,33D,34D,35D,36D,37D,38D,39D,40D,41D. The number of fused-ring (bicyclic) bond motifs is 6. The highest BCUT2D eigenvalue weighted by molar-refractivity contribution is 6.09. The van der Waals surface area contributed by atoms with Gasteiger partial charge in [-0.2, -0.15) is 0 Å². The first kappa shape index (κ1) is 13.9. The Balaban J connectivity index is 1.30. The minimum atomic E-state index is -3.41. The molecule has 1 heterocycles. The average Bonchev–Trinajstić information content (AvgIpc) is 1.42. The first-order valence-electron chi connectivity index (χ1n) is 38.9. The summed E-state index contributed by atoms with van der Waals surface area (Å²) in [7, 11) is 0. The average molecular weight is 844 g/mol. The lowest BCUT2D eigenvalue weighted by molar-refractivity contribution is 0.768. The van der Waals surface area contributed by atoms with Crippen LogP contribution in [0.1, 0.15) is 78.5 Å². The molecule has 12 rings (SSSR count). The first-order valence-corrected chi connectivity index (χ1v) is 18.4. The number of nitrogens with zero attached hydrogens (tertiary/aromatic N) is 2. The molecule has 10 aromatic carbocycles. The van der Waals surface area contributed by atoms with Crippen molar-refractivity contribution in [3.63, 3.8) is 0 Å². The maximum atomic E-state index is 10.1. The zero-order valence-electron chi connectivity index (χ0n) is 72.5. The summed E-state index contributed by atoms with van der Waals surface area (Å²) in [6.07, 6.45) is 0. The fourth-order valence-corrected chi connectivity index (χ4v) is 7.52.